The van der Waals surface area contributed by atoms with Crippen LogP contribution in [-0.2, 0) is 0 Å². The minimum atomic E-state index is -0.0450. The van der Waals surface area contributed by atoms with E-state index < -0.39 is 0 Å². The first-order valence-electron chi connectivity index (χ1n) is 8.91. The number of nitrogens with one attached hydrogen (secondary N) is 1. The topological polar surface area (TPSA) is 52.7 Å². The highest BCUT2D eigenvalue weighted by molar-refractivity contribution is 5.94. The molecule has 1 aliphatic rings. The van der Waals surface area contributed by atoms with Crippen molar-refractivity contribution < 1.29 is 9.59 Å². The molecular weight excluding hydrogens is 302 g/mol. The molecule has 1 unspecified atom stereocenters. The predicted octanol–water partition coefficient (Wildman–Crippen LogP) is 2.98. The zero-order chi connectivity index (χ0) is 17.5. The van der Waals surface area contributed by atoms with Gasteiger partial charge in [0.05, 0.1) is 0 Å². The molecule has 0 aromatic heterocycles. The molecule has 0 bridgehead atoms. The maximum Gasteiger partial charge on any atom is 0.320 e. The molecule has 1 saturated heterocycles. The number of hydrogen-bond donors (Lipinski definition) is 1. The van der Waals surface area contributed by atoms with Gasteiger partial charge in [-0.15, -0.1) is 0 Å². The number of carbonyl (C=O) groups is 2. The lowest BCUT2D eigenvalue weighted by Gasteiger charge is -2.37. The molecule has 1 N–H and O–H groups in total. The molecule has 0 saturated carbocycles. The second-order valence-electron chi connectivity index (χ2n) is 6.69. The Morgan fingerprint density at radius 2 is 2.00 bits per heavy atom. The highest BCUT2D eigenvalue weighted by Crippen LogP contribution is 2.18. The van der Waals surface area contributed by atoms with Crippen LogP contribution in [0.3, 0.4) is 0 Å². The number of piperidine rings is 1. The zero-order valence-corrected chi connectivity index (χ0v) is 15.0. The summed E-state index contributed by atoms with van der Waals surface area (Å²) in [5.74, 6) is 0.276. The second kappa shape index (κ2) is 8.71. The third kappa shape index (κ3) is 4.73. The smallest absolute Gasteiger partial charge is 0.320 e. The number of likely N-dealkylation sites (tertiary alicyclic amines) is 1. The zero-order valence-electron chi connectivity index (χ0n) is 15.0. The van der Waals surface area contributed by atoms with Crippen LogP contribution in [-0.4, -0.2) is 54.0 Å². The van der Waals surface area contributed by atoms with Crippen molar-refractivity contribution >= 4 is 11.9 Å². The molecule has 132 valence electrons. The van der Waals surface area contributed by atoms with E-state index >= 15 is 0 Å². The Labute approximate surface area is 145 Å². The van der Waals surface area contributed by atoms with Crippen LogP contribution < -0.4 is 5.32 Å². The first-order valence-corrected chi connectivity index (χ1v) is 8.91. The van der Waals surface area contributed by atoms with Gasteiger partial charge in [0.15, 0.2) is 0 Å². The molecule has 0 spiro atoms. The minimum absolute atomic E-state index is 0.0450. The molecule has 1 aromatic rings. The maximum absolute atomic E-state index is 12.6. The van der Waals surface area contributed by atoms with Crippen molar-refractivity contribution in [3.05, 3.63) is 35.9 Å². The first kappa shape index (κ1) is 18.3. The van der Waals surface area contributed by atoms with Gasteiger partial charge >= 0.3 is 6.03 Å². The predicted molar refractivity (Wildman–Crippen MR) is 96.0 cm³/mol. The lowest BCUT2D eigenvalue weighted by atomic mass is 9.98. The molecule has 0 radical (unpaired) electrons. The van der Waals surface area contributed by atoms with Crippen LogP contribution >= 0.6 is 0 Å². The van der Waals surface area contributed by atoms with Crippen molar-refractivity contribution in [2.75, 3.05) is 26.2 Å². The van der Waals surface area contributed by atoms with Crippen LogP contribution in [0, 0.1) is 5.92 Å². The normalized spacial score (nSPS) is 17.7. The van der Waals surface area contributed by atoms with E-state index in [9.17, 15) is 9.59 Å². The van der Waals surface area contributed by atoms with Crippen LogP contribution in [0.1, 0.15) is 44.0 Å². The molecular formula is C19H29N3O2. The molecule has 0 aliphatic carbocycles. The molecule has 5 heteroatoms. The van der Waals surface area contributed by atoms with Crippen LogP contribution in [0.4, 0.5) is 4.79 Å². The van der Waals surface area contributed by atoms with Crippen molar-refractivity contribution in [3.8, 4) is 0 Å². The largest absolute Gasteiger partial charge is 0.352 e. The summed E-state index contributed by atoms with van der Waals surface area (Å²) >= 11 is 0. The van der Waals surface area contributed by atoms with Crippen LogP contribution in [0.15, 0.2) is 30.3 Å². The number of carbonyl (C=O) groups excluding carboxylic acids is 2. The number of benzene rings is 1. The Hall–Kier alpha value is -2.04. The molecule has 1 aromatic carbocycles. The van der Waals surface area contributed by atoms with E-state index in [4.69, 9.17) is 0 Å². The molecule has 1 fully saturated rings. The van der Waals surface area contributed by atoms with E-state index in [0.717, 1.165) is 32.5 Å². The summed E-state index contributed by atoms with van der Waals surface area (Å²) in [7, 11) is 0. The SMILES string of the molecule is CCN(C(=O)N1CCCC(CNC(=O)c2ccccc2)C1)C(C)C. The van der Waals surface area contributed by atoms with E-state index in [0.29, 0.717) is 18.0 Å². The number of amides is 3. The lowest BCUT2D eigenvalue weighted by Crippen LogP contribution is -2.51. The Morgan fingerprint density at radius 1 is 1.29 bits per heavy atom. The van der Waals surface area contributed by atoms with Crippen LogP contribution in [0.2, 0.25) is 0 Å². The standard InChI is InChI=1S/C19H29N3O2/c1-4-22(15(2)3)19(24)21-12-8-9-16(14-21)13-20-18(23)17-10-6-5-7-11-17/h5-7,10-11,15-16H,4,8-9,12-14H2,1-3H3,(H,20,23). The van der Waals surface area contributed by atoms with Crippen molar-refractivity contribution in [2.45, 2.75) is 39.7 Å². The highest BCUT2D eigenvalue weighted by Gasteiger charge is 2.27. The van der Waals surface area contributed by atoms with Crippen molar-refractivity contribution in [3.63, 3.8) is 0 Å². The second-order valence-corrected chi connectivity index (χ2v) is 6.69. The third-order valence-electron chi connectivity index (χ3n) is 4.59. The molecule has 24 heavy (non-hydrogen) atoms. The molecule has 1 aliphatic heterocycles. The summed E-state index contributed by atoms with van der Waals surface area (Å²) in [6.45, 7) is 8.97. The summed E-state index contributed by atoms with van der Waals surface area (Å²) < 4.78 is 0. The van der Waals surface area contributed by atoms with Crippen molar-refractivity contribution in [2.24, 2.45) is 5.92 Å². The Morgan fingerprint density at radius 3 is 2.62 bits per heavy atom. The van der Waals surface area contributed by atoms with Crippen molar-refractivity contribution in [1.82, 2.24) is 15.1 Å². The molecule has 1 atom stereocenters. The van der Waals surface area contributed by atoms with Gasteiger partial charge in [0.25, 0.3) is 5.91 Å². The molecule has 5 nitrogen and oxygen atoms in total. The van der Waals surface area contributed by atoms with E-state index in [1.165, 1.54) is 0 Å². The average molecular weight is 331 g/mol. The summed E-state index contributed by atoms with van der Waals surface area (Å²) in [6.07, 6.45) is 2.04. The van der Waals surface area contributed by atoms with Gasteiger partial charge in [-0.25, -0.2) is 4.79 Å². The first-order chi connectivity index (χ1) is 11.5. The summed E-state index contributed by atoms with van der Waals surface area (Å²) in [5.41, 5.74) is 0.679. The maximum atomic E-state index is 12.6. The van der Waals surface area contributed by atoms with Gasteiger partial charge in [0.2, 0.25) is 0 Å². The number of rotatable bonds is 5. The summed E-state index contributed by atoms with van der Waals surface area (Å²) in [4.78, 5) is 28.6. The lowest BCUT2D eigenvalue weighted by molar-refractivity contribution is 0.0929. The molecule has 1 heterocycles. The van der Waals surface area contributed by atoms with Crippen molar-refractivity contribution in [1.29, 1.82) is 0 Å². The summed E-state index contributed by atoms with van der Waals surface area (Å²) in [6, 6.07) is 9.58. The fourth-order valence-electron chi connectivity index (χ4n) is 3.24. The van der Waals surface area contributed by atoms with Gasteiger partial charge in [-0.05, 0) is 51.7 Å². The average Bonchev–Trinajstić information content (AvgIpc) is 2.61. The van der Waals surface area contributed by atoms with E-state index in [1.54, 1.807) is 0 Å². The monoisotopic (exact) mass is 331 g/mol. The highest BCUT2D eigenvalue weighted by atomic mass is 16.2. The van der Waals surface area contributed by atoms with E-state index in [-0.39, 0.29) is 18.0 Å². The number of nitrogens with zero attached hydrogens (tertiary/aromatic N) is 2. The molecule has 2 rings (SSSR count). The van der Waals surface area contributed by atoms with Gasteiger partial charge in [-0.1, -0.05) is 18.2 Å². The minimum Gasteiger partial charge on any atom is -0.352 e. The Bertz CT molecular complexity index is 545. The van der Waals surface area contributed by atoms with Crippen LogP contribution in [0.25, 0.3) is 0 Å². The fraction of sp³-hybridized carbons (Fsp3) is 0.579. The Balaban J connectivity index is 1.87. The van der Waals surface area contributed by atoms with Gasteiger partial charge < -0.3 is 15.1 Å². The van der Waals surface area contributed by atoms with Gasteiger partial charge in [0.1, 0.15) is 0 Å². The third-order valence-corrected chi connectivity index (χ3v) is 4.59. The fourth-order valence-corrected chi connectivity index (χ4v) is 3.24. The summed E-state index contributed by atoms with van der Waals surface area (Å²) in [5, 5.41) is 3.00. The van der Waals surface area contributed by atoms with E-state index in [2.05, 4.69) is 5.32 Å². The van der Waals surface area contributed by atoms with Gasteiger partial charge in [0, 0.05) is 37.8 Å². The molecule has 3 amide bonds. The number of hydrogen-bond acceptors (Lipinski definition) is 2. The Kier molecular flexibility index (Phi) is 6.64. The van der Waals surface area contributed by atoms with Crippen LogP contribution in [0.5, 0.6) is 0 Å². The quantitative estimate of drug-likeness (QED) is 0.902. The van der Waals surface area contributed by atoms with E-state index in [1.807, 2.05) is 60.9 Å². The number of urea groups is 1. The van der Waals surface area contributed by atoms with Gasteiger partial charge in [-0.2, -0.15) is 0 Å². The van der Waals surface area contributed by atoms with Gasteiger partial charge in [-0.3, -0.25) is 4.79 Å².